The molecule has 0 unspecified atom stereocenters. The van der Waals surface area contributed by atoms with E-state index < -0.39 is 0 Å². The average molecular weight is 368 g/mol. The second-order valence-electron chi connectivity index (χ2n) is 7.02. The van der Waals surface area contributed by atoms with Crippen molar-refractivity contribution in [3.8, 4) is 5.75 Å². The zero-order valence-electron chi connectivity index (χ0n) is 16.5. The van der Waals surface area contributed by atoms with E-state index in [9.17, 15) is 9.59 Å². The second-order valence-corrected chi connectivity index (χ2v) is 7.02. The summed E-state index contributed by atoms with van der Waals surface area (Å²) in [6.07, 6.45) is 1.08. The Hall–Kier alpha value is -2.82. The molecule has 0 aliphatic heterocycles. The Kier molecular flexibility index (Phi) is 7.41. The van der Waals surface area contributed by atoms with Crippen LogP contribution in [0.4, 0.5) is 5.69 Å². The van der Waals surface area contributed by atoms with E-state index in [-0.39, 0.29) is 18.4 Å². The number of amides is 2. The van der Waals surface area contributed by atoms with Crippen LogP contribution in [0.2, 0.25) is 0 Å². The lowest BCUT2D eigenvalue weighted by atomic mass is 10.0. The minimum absolute atomic E-state index is 0.0485. The van der Waals surface area contributed by atoms with Gasteiger partial charge in [0, 0.05) is 26.2 Å². The van der Waals surface area contributed by atoms with Gasteiger partial charge in [-0.15, -0.1) is 0 Å². The molecule has 0 saturated carbocycles. The van der Waals surface area contributed by atoms with E-state index in [0.717, 1.165) is 16.9 Å². The second kappa shape index (κ2) is 9.76. The maximum absolute atomic E-state index is 12.2. The van der Waals surface area contributed by atoms with Crippen molar-refractivity contribution < 1.29 is 14.3 Å². The highest BCUT2D eigenvalue weighted by atomic mass is 16.5. The highest BCUT2D eigenvalue weighted by Gasteiger charge is 2.10. The summed E-state index contributed by atoms with van der Waals surface area (Å²) >= 11 is 0. The number of para-hydroxylation sites is 1. The van der Waals surface area contributed by atoms with E-state index >= 15 is 0 Å². The molecule has 2 aromatic carbocycles. The number of benzene rings is 2. The van der Waals surface area contributed by atoms with Gasteiger partial charge in [-0.25, -0.2) is 0 Å². The van der Waals surface area contributed by atoms with Crippen molar-refractivity contribution >= 4 is 17.5 Å². The predicted octanol–water partition coefficient (Wildman–Crippen LogP) is 3.85. The van der Waals surface area contributed by atoms with Gasteiger partial charge in [0.15, 0.2) is 6.61 Å². The fourth-order valence-corrected chi connectivity index (χ4v) is 2.71. The molecule has 0 heterocycles. The number of ether oxygens (including phenoxy) is 1. The molecule has 0 bridgehead atoms. The molecule has 27 heavy (non-hydrogen) atoms. The van der Waals surface area contributed by atoms with Gasteiger partial charge in [-0.05, 0) is 41.7 Å². The largest absolute Gasteiger partial charge is 0.483 e. The van der Waals surface area contributed by atoms with Crippen molar-refractivity contribution in [3.05, 3.63) is 59.7 Å². The van der Waals surface area contributed by atoms with E-state index in [1.807, 2.05) is 48.5 Å². The molecule has 2 rings (SSSR count). The van der Waals surface area contributed by atoms with E-state index in [0.29, 0.717) is 24.4 Å². The molecular weight excluding hydrogens is 340 g/mol. The van der Waals surface area contributed by atoms with Crippen LogP contribution in [0.25, 0.3) is 0 Å². The summed E-state index contributed by atoms with van der Waals surface area (Å²) in [7, 11) is 3.49. The van der Waals surface area contributed by atoms with Gasteiger partial charge in [0.2, 0.25) is 5.91 Å². The lowest BCUT2D eigenvalue weighted by Crippen LogP contribution is -2.22. The first-order valence-electron chi connectivity index (χ1n) is 9.17. The lowest BCUT2D eigenvalue weighted by Gasteiger charge is -2.14. The van der Waals surface area contributed by atoms with Crippen molar-refractivity contribution in [1.82, 2.24) is 4.90 Å². The molecule has 0 saturated heterocycles. The topological polar surface area (TPSA) is 58.6 Å². The van der Waals surface area contributed by atoms with Crippen LogP contribution in [-0.2, 0) is 16.0 Å². The van der Waals surface area contributed by atoms with Crippen molar-refractivity contribution in [3.63, 3.8) is 0 Å². The van der Waals surface area contributed by atoms with Gasteiger partial charge in [-0.1, -0.05) is 44.2 Å². The van der Waals surface area contributed by atoms with Gasteiger partial charge in [-0.2, -0.15) is 0 Å². The van der Waals surface area contributed by atoms with Crippen molar-refractivity contribution in [2.24, 2.45) is 0 Å². The van der Waals surface area contributed by atoms with Gasteiger partial charge in [0.1, 0.15) is 5.75 Å². The number of rotatable bonds is 8. The average Bonchev–Trinajstić information content (AvgIpc) is 2.64. The molecule has 0 fully saturated rings. The molecule has 2 aromatic rings. The maximum Gasteiger partial charge on any atom is 0.262 e. The highest BCUT2D eigenvalue weighted by Crippen LogP contribution is 2.25. The number of hydrogen-bond acceptors (Lipinski definition) is 3. The molecule has 5 heteroatoms. The Morgan fingerprint density at radius 3 is 2.52 bits per heavy atom. The molecule has 0 atom stereocenters. The summed E-state index contributed by atoms with van der Waals surface area (Å²) in [5, 5.41) is 2.85. The molecule has 0 aromatic heterocycles. The molecule has 1 N–H and O–H groups in total. The molecule has 2 amide bonds. The predicted molar refractivity (Wildman–Crippen MR) is 108 cm³/mol. The minimum Gasteiger partial charge on any atom is -0.483 e. The molecular formula is C22H28N2O3. The quantitative estimate of drug-likeness (QED) is 0.770. The van der Waals surface area contributed by atoms with E-state index in [1.54, 1.807) is 19.0 Å². The van der Waals surface area contributed by atoms with Crippen LogP contribution in [0.3, 0.4) is 0 Å². The standard InChI is InChI=1S/C22H28N2O3/c1-16(2)19-10-5-6-11-20(19)27-15-21(25)23-18-9-7-8-17(14-18)12-13-22(26)24(3)4/h5-11,14,16H,12-13,15H2,1-4H3,(H,23,25). The van der Waals surface area contributed by atoms with Crippen LogP contribution in [0, 0.1) is 0 Å². The van der Waals surface area contributed by atoms with Gasteiger partial charge in [0.05, 0.1) is 0 Å². The fourth-order valence-electron chi connectivity index (χ4n) is 2.71. The fraction of sp³-hybridized carbons (Fsp3) is 0.364. The smallest absolute Gasteiger partial charge is 0.262 e. The Morgan fingerprint density at radius 2 is 1.81 bits per heavy atom. The number of nitrogens with zero attached hydrogens (tertiary/aromatic N) is 1. The number of hydrogen-bond donors (Lipinski definition) is 1. The summed E-state index contributed by atoms with van der Waals surface area (Å²) in [6, 6.07) is 15.3. The van der Waals surface area contributed by atoms with Crippen molar-refractivity contribution in [2.45, 2.75) is 32.6 Å². The first kappa shape index (κ1) is 20.5. The number of carbonyl (C=O) groups excluding carboxylic acids is 2. The summed E-state index contributed by atoms with van der Waals surface area (Å²) in [6.45, 7) is 4.14. The molecule has 0 aliphatic carbocycles. The summed E-state index contributed by atoms with van der Waals surface area (Å²) in [5.74, 6) is 0.932. The number of aryl methyl sites for hydroxylation is 1. The zero-order chi connectivity index (χ0) is 19.8. The van der Waals surface area contributed by atoms with Gasteiger partial charge < -0.3 is 15.0 Å². The monoisotopic (exact) mass is 368 g/mol. The van der Waals surface area contributed by atoms with Crippen LogP contribution in [0.15, 0.2) is 48.5 Å². The third-order valence-electron chi connectivity index (χ3n) is 4.24. The third kappa shape index (κ3) is 6.44. The first-order valence-corrected chi connectivity index (χ1v) is 9.17. The minimum atomic E-state index is -0.213. The zero-order valence-corrected chi connectivity index (χ0v) is 16.5. The Morgan fingerprint density at radius 1 is 1.07 bits per heavy atom. The number of anilines is 1. The Labute approximate surface area is 161 Å². The molecule has 0 spiro atoms. The van der Waals surface area contributed by atoms with Gasteiger partial charge in [0.25, 0.3) is 5.91 Å². The summed E-state index contributed by atoms with van der Waals surface area (Å²) in [4.78, 5) is 25.5. The van der Waals surface area contributed by atoms with Crippen molar-refractivity contribution in [1.29, 1.82) is 0 Å². The van der Waals surface area contributed by atoms with Crippen molar-refractivity contribution in [2.75, 3.05) is 26.0 Å². The lowest BCUT2D eigenvalue weighted by molar-refractivity contribution is -0.128. The number of carbonyl (C=O) groups is 2. The van der Waals surface area contributed by atoms with Crippen LogP contribution >= 0.6 is 0 Å². The SMILES string of the molecule is CC(C)c1ccccc1OCC(=O)Nc1cccc(CCC(=O)N(C)C)c1. The van der Waals surface area contributed by atoms with Gasteiger partial charge >= 0.3 is 0 Å². The van der Waals surface area contributed by atoms with E-state index in [4.69, 9.17) is 4.74 Å². The first-order chi connectivity index (χ1) is 12.9. The molecule has 144 valence electrons. The van der Waals surface area contributed by atoms with Crippen LogP contribution in [0.5, 0.6) is 5.75 Å². The van der Waals surface area contributed by atoms with E-state index in [1.165, 1.54) is 0 Å². The normalized spacial score (nSPS) is 10.6. The van der Waals surface area contributed by atoms with Crippen LogP contribution in [0.1, 0.15) is 37.3 Å². The third-order valence-corrected chi connectivity index (χ3v) is 4.24. The number of nitrogens with one attached hydrogen (secondary N) is 1. The maximum atomic E-state index is 12.2. The van der Waals surface area contributed by atoms with Gasteiger partial charge in [-0.3, -0.25) is 9.59 Å². The van der Waals surface area contributed by atoms with Crippen LogP contribution < -0.4 is 10.1 Å². The summed E-state index contributed by atoms with van der Waals surface area (Å²) < 4.78 is 5.71. The van der Waals surface area contributed by atoms with E-state index in [2.05, 4.69) is 19.2 Å². The molecule has 5 nitrogen and oxygen atoms in total. The Bertz CT molecular complexity index is 785. The highest BCUT2D eigenvalue weighted by molar-refractivity contribution is 5.92. The summed E-state index contributed by atoms with van der Waals surface area (Å²) in [5.41, 5.74) is 2.79. The molecule has 0 radical (unpaired) electrons. The van der Waals surface area contributed by atoms with Crippen LogP contribution in [-0.4, -0.2) is 37.4 Å². The Balaban J connectivity index is 1.91. The molecule has 0 aliphatic rings.